The van der Waals surface area contributed by atoms with Gasteiger partial charge in [0.2, 0.25) is 11.8 Å². The number of carboxylic acid groups (broad SMARTS) is 1. The number of likely N-dealkylation sites (tertiary alicyclic amines) is 1. The van der Waals surface area contributed by atoms with Gasteiger partial charge in [-0.2, -0.15) is 0 Å². The summed E-state index contributed by atoms with van der Waals surface area (Å²) in [7, 11) is 3.63. The highest BCUT2D eigenvalue weighted by Gasteiger charge is 2.40. The van der Waals surface area contributed by atoms with Crippen LogP contribution in [-0.4, -0.2) is 71.5 Å². The number of carbonyl (C=O) groups is 3. The Kier molecular flexibility index (Phi) is 9.08. The van der Waals surface area contributed by atoms with Gasteiger partial charge in [0.1, 0.15) is 6.04 Å². The molecule has 0 aliphatic carbocycles. The molecule has 1 heterocycles. The Morgan fingerprint density at radius 1 is 1.23 bits per heavy atom. The third kappa shape index (κ3) is 6.56. The highest BCUT2D eigenvalue weighted by Crippen LogP contribution is 2.26. The van der Waals surface area contributed by atoms with Crippen molar-refractivity contribution in [3.63, 3.8) is 0 Å². The lowest BCUT2D eigenvalue weighted by Crippen LogP contribution is -2.60. The maximum atomic E-state index is 13.5. The largest absolute Gasteiger partial charge is 0.478 e. The van der Waals surface area contributed by atoms with E-state index >= 15 is 0 Å². The van der Waals surface area contributed by atoms with Crippen molar-refractivity contribution in [3.05, 3.63) is 11.6 Å². The van der Waals surface area contributed by atoms with Gasteiger partial charge >= 0.3 is 5.97 Å². The minimum Gasteiger partial charge on any atom is -0.478 e. The zero-order valence-electron chi connectivity index (χ0n) is 20.2. The fourth-order valence-corrected chi connectivity index (χ4v) is 4.16. The van der Waals surface area contributed by atoms with Crippen molar-refractivity contribution in [2.24, 2.45) is 17.3 Å². The second kappa shape index (κ2) is 10.4. The standard InChI is InChI=1S/C23H41N3O4/c1-14(2)17(13-16(4)22(29)30)26(9)21(28)19(23(5,6)7)24-20(27)18-15(3)11-10-12-25(18)8/h13-15,17-19H,10-12H2,1-9H3,(H,24,27)(H,29,30)/t15?,17-,18-,19-/m1/s1. The molecule has 7 heteroatoms. The molecule has 0 aromatic heterocycles. The fourth-order valence-electron chi connectivity index (χ4n) is 4.16. The van der Waals surface area contributed by atoms with Gasteiger partial charge in [0.05, 0.1) is 12.1 Å². The van der Waals surface area contributed by atoms with Crippen LogP contribution in [0.5, 0.6) is 0 Å². The van der Waals surface area contributed by atoms with Crippen LogP contribution >= 0.6 is 0 Å². The predicted octanol–water partition coefficient (Wildman–Crippen LogP) is 2.76. The summed E-state index contributed by atoms with van der Waals surface area (Å²) in [6, 6.07) is -1.35. The zero-order chi connectivity index (χ0) is 23.4. The number of hydrogen-bond donors (Lipinski definition) is 2. The number of nitrogens with one attached hydrogen (secondary N) is 1. The van der Waals surface area contributed by atoms with Gasteiger partial charge in [-0.3, -0.25) is 14.5 Å². The van der Waals surface area contributed by atoms with E-state index in [4.69, 9.17) is 0 Å². The molecule has 0 bridgehead atoms. The lowest BCUT2D eigenvalue weighted by atomic mass is 9.84. The number of aliphatic carboxylic acids is 1. The Morgan fingerprint density at radius 2 is 1.80 bits per heavy atom. The summed E-state index contributed by atoms with van der Waals surface area (Å²) in [6.45, 7) is 14.2. The van der Waals surface area contributed by atoms with E-state index < -0.39 is 17.4 Å². The van der Waals surface area contributed by atoms with Gasteiger partial charge in [0.15, 0.2) is 0 Å². The van der Waals surface area contributed by atoms with Gasteiger partial charge in [-0.1, -0.05) is 47.6 Å². The number of hydrogen-bond acceptors (Lipinski definition) is 4. The first-order valence-corrected chi connectivity index (χ1v) is 10.9. The number of rotatable bonds is 7. The SMILES string of the molecule is CC(=C[C@H](C(C)C)N(C)C(=O)[C@@H](NC(=O)[C@H]1C(C)CCCN1C)C(C)(C)C)C(=O)O. The predicted molar refractivity (Wildman–Crippen MR) is 119 cm³/mol. The summed E-state index contributed by atoms with van der Waals surface area (Å²) < 4.78 is 0. The maximum absolute atomic E-state index is 13.5. The van der Waals surface area contributed by atoms with Crippen LogP contribution in [0, 0.1) is 17.3 Å². The third-order valence-corrected chi connectivity index (χ3v) is 6.09. The molecule has 0 aromatic rings. The van der Waals surface area contributed by atoms with Gasteiger partial charge < -0.3 is 15.3 Å². The van der Waals surface area contributed by atoms with Crippen molar-refractivity contribution < 1.29 is 19.5 Å². The molecule has 1 aliphatic rings. The molecule has 0 spiro atoms. The average Bonchev–Trinajstić information content (AvgIpc) is 2.61. The number of nitrogens with zero attached hydrogens (tertiary/aromatic N) is 2. The Labute approximate surface area is 181 Å². The van der Waals surface area contributed by atoms with E-state index in [2.05, 4.69) is 17.1 Å². The molecule has 30 heavy (non-hydrogen) atoms. The molecule has 2 N–H and O–H groups in total. The second-order valence-corrected chi connectivity index (χ2v) is 10.2. The number of likely N-dealkylation sites (N-methyl/N-ethyl adjacent to an activating group) is 2. The molecule has 1 fully saturated rings. The van der Waals surface area contributed by atoms with Gasteiger partial charge in [-0.25, -0.2) is 4.79 Å². The minimum atomic E-state index is -1.00. The molecule has 1 rings (SSSR count). The summed E-state index contributed by atoms with van der Waals surface area (Å²) in [5, 5.41) is 12.3. The summed E-state index contributed by atoms with van der Waals surface area (Å²) in [4.78, 5) is 41.6. The maximum Gasteiger partial charge on any atom is 0.331 e. The summed E-state index contributed by atoms with van der Waals surface area (Å²) in [5.41, 5.74) is -0.299. The lowest BCUT2D eigenvalue weighted by molar-refractivity contribution is -0.142. The molecule has 2 amide bonds. The highest BCUT2D eigenvalue weighted by atomic mass is 16.4. The van der Waals surface area contributed by atoms with Crippen molar-refractivity contribution in [3.8, 4) is 0 Å². The van der Waals surface area contributed by atoms with Crippen LogP contribution in [0.25, 0.3) is 0 Å². The van der Waals surface area contributed by atoms with E-state index in [1.165, 1.54) is 6.92 Å². The zero-order valence-corrected chi connectivity index (χ0v) is 20.2. The van der Waals surface area contributed by atoms with Crippen LogP contribution in [0.4, 0.5) is 0 Å². The van der Waals surface area contributed by atoms with Crippen molar-refractivity contribution in [1.82, 2.24) is 15.1 Å². The molecular weight excluding hydrogens is 382 g/mol. The van der Waals surface area contributed by atoms with Crippen molar-refractivity contribution >= 4 is 17.8 Å². The Morgan fingerprint density at radius 3 is 2.23 bits per heavy atom. The Bertz CT molecular complexity index is 656. The number of amides is 2. The second-order valence-electron chi connectivity index (χ2n) is 10.2. The molecule has 7 nitrogen and oxygen atoms in total. The van der Waals surface area contributed by atoms with Crippen LogP contribution in [0.2, 0.25) is 0 Å². The van der Waals surface area contributed by atoms with Crippen molar-refractivity contribution in [2.75, 3.05) is 20.6 Å². The van der Waals surface area contributed by atoms with Crippen molar-refractivity contribution in [1.29, 1.82) is 0 Å². The Balaban J connectivity index is 3.15. The quantitative estimate of drug-likeness (QED) is 0.615. The first kappa shape index (κ1) is 26.1. The molecule has 1 aliphatic heterocycles. The van der Waals surface area contributed by atoms with E-state index in [9.17, 15) is 19.5 Å². The van der Waals surface area contributed by atoms with Gasteiger partial charge in [0, 0.05) is 12.6 Å². The van der Waals surface area contributed by atoms with Crippen LogP contribution < -0.4 is 5.32 Å². The molecule has 172 valence electrons. The van der Waals surface area contributed by atoms with E-state index in [0.29, 0.717) is 0 Å². The first-order valence-electron chi connectivity index (χ1n) is 10.9. The van der Waals surface area contributed by atoms with Gasteiger partial charge in [0.25, 0.3) is 0 Å². The molecule has 0 aromatic carbocycles. The summed E-state index contributed by atoms with van der Waals surface area (Å²) in [6.07, 6.45) is 3.67. The summed E-state index contributed by atoms with van der Waals surface area (Å²) >= 11 is 0. The van der Waals surface area contributed by atoms with E-state index in [-0.39, 0.29) is 41.3 Å². The average molecular weight is 424 g/mol. The summed E-state index contributed by atoms with van der Waals surface area (Å²) in [5.74, 6) is -1.09. The smallest absolute Gasteiger partial charge is 0.331 e. The monoisotopic (exact) mass is 423 g/mol. The molecule has 0 radical (unpaired) electrons. The molecule has 1 saturated heterocycles. The normalized spacial score (nSPS) is 23.1. The number of piperidine rings is 1. The molecule has 4 atom stereocenters. The first-order chi connectivity index (χ1) is 13.7. The minimum absolute atomic E-state index is 0.0223. The number of carboxylic acids is 1. The Hall–Kier alpha value is -1.89. The molecule has 1 unspecified atom stereocenters. The van der Waals surface area contributed by atoms with E-state index in [1.807, 2.05) is 41.7 Å². The van der Waals surface area contributed by atoms with Crippen LogP contribution in [0.1, 0.15) is 61.3 Å². The van der Waals surface area contributed by atoms with Gasteiger partial charge in [-0.05, 0) is 50.6 Å². The molecule has 0 saturated carbocycles. The highest BCUT2D eigenvalue weighted by molar-refractivity contribution is 5.91. The van der Waals surface area contributed by atoms with E-state index in [0.717, 1.165) is 19.4 Å². The topological polar surface area (TPSA) is 90.0 Å². The van der Waals surface area contributed by atoms with Crippen molar-refractivity contribution in [2.45, 2.75) is 79.4 Å². The number of carbonyl (C=O) groups excluding carboxylic acids is 2. The fraction of sp³-hybridized carbons (Fsp3) is 0.783. The van der Waals surface area contributed by atoms with Crippen LogP contribution in [-0.2, 0) is 14.4 Å². The van der Waals surface area contributed by atoms with Gasteiger partial charge in [-0.15, -0.1) is 0 Å². The third-order valence-electron chi connectivity index (χ3n) is 6.09. The van der Waals surface area contributed by atoms with E-state index in [1.54, 1.807) is 18.0 Å². The van der Waals surface area contributed by atoms with Crippen LogP contribution in [0.15, 0.2) is 11.6 Å². The molecular formula is C23H41N3O4. The lowest BCUT2D eigenvalue weighted by Gasteiger charge is -2.40. The van der Waals surface area contributed by atoms with Crippen LogP contribution in [0.3, 0.4) is 0 Å².